The van der Waals surface area contributed by atoms with E-state index in [1.54, 1.807) is 31.4 Å². The minimum Gasteiger partial charge on any atom is -0.496 e. The third kappa shape index (κ3) is 3.32. The minimum absolute atomic E-state index is 0.151. The van der Waals surface area contributed by atoms with Crippen LogP contribution in [-0.2, 0) is 0 Å². The Labute approximate surface area is 109 Å². The molecule has 0 saturated heterocycles. The molecule has 96 valence electrons. The topological polar surface area (TPSA) is 71.5 Å². The summed E-state index contributed by atoms with van der Waals surface area (Å²) in [5, 5.41) is 9.74. The van der Waals surface area contributed by atoms with E-state index in [2.05, 4.69) is 9.82 Å². The number of nitrogens with zero attached hydrogens (tertiary/aromatic N) is 1. The van der Waals surface area contributed by atoms with Gasteiger partial charge in [-0.3, -0.25) is 4.98 Å². The molecule has 0 aliphatic heterocycles. The molecule has 0 fully saturated rings. The molecular formula is C12H13ClN2O3. The fourth-order valence-corrected chi connectivity index (χ4v) is 1.44. The molecule has 1 aromatic heterocycles. The second-order valence-corrected chi connectivity index (χ2v) is 3.62. The van der Waals surface area contributed by atoms with Crippen LogP contribution in [0.4, 0.5) is 0 Å². The van der Waals surface area contributed by atoms with Crippen molar-refractivity contribution in [3.63, 3.8) is 0 Å². The van der Waals surface area contributed by atoms with Gasteiger partial charge in [0.15, 0.2) is 0 Å². The second kappa shape index (κ2) is 6.78. The summed E-state index contributed by atoms with van der Waals surface area (Å²) in [6.07, 6.45) is 1.65. The standard InChI is InChI=1S/C11H9NO3.CH4ClN/c1-15-10-6-9-7(3-2-4-12-9)5-8(10)11(13)14;1-3-2/h2-6H,1H3,(H,13,14);3H,1H3. The molecule has 0 saturated carbocycles. The number of rotatable bonds is 2. The van der Waals surface area contributed by atoms with E-state index in [4.69, 9.17) is 21.6 Å². The highest BCUT2D eigenvalue weighted by atomic mass is 35.5. The van der Waals surface area contributed by atoms with Crippen LogP contribution in [0.3, 0.4) is 0 Å². The first-order valence-electron chi connectivity index (χ1n) is 5.07. The predicted molar refractivity (Wildman–Crippen MR) is 70.2 cm³/mol. The number of benzene rings is 1. The van der Waals surface area contributed by atoms with E-state index in [0.29, 0.717) is 5.75 Å². The molecular weight excluding hydrogens is 256 g/mol. The number of carboxylic acids is 1. The van der Waals surface area contributed by atoms with Gasteiger partial charge in [-0.1, -0.05) is 6.07 Å². The van der Waals surface area contributed by atoms with E-state index in [9.17, 15) is 4.79 Å². The van der Waals surface area contributed by atoms with E-state index >= 15 is 0 Å². The Morgan fingerprint density at radius 2 is 2.17 bits per heavy atom. The number of fused-ring (bicyclic) bond motifs is 1. The first-order chi connectivity index (χ1) is 8.63. The van der Waals surface area contributed by atoms with E-state index < -0.39 is 5.97 Å². The van der Waals surface area contributed by atoms with Crippen LogP contribution in [0.5, 0.6) is 5.75 Å². The van der Waals surface area contributed by atoms with Crippen molar-refractivity contribution in [2.45, 2.75) is 0 Å². The van der Waals surface area contributed by atoms with Gasteiger partial charge in [-0.2, -0.15) is 0 Å². The Morgan fingerprint density at radius 3 is 2.72 bits per heavy atom. The van der Waals surface area contributed by atoms with Crippen molar-refractivity contribution in [2.75, 3.05) is 14.2 Å². The van der Waals surface area contributed by atoms with Crippen LogP contribution in [0.15, 0.2) is 30.5 Å². The van der Waals surface area contributed by atoms with Gasteiger partial charge in [0.1, 0.15) is 11.3 Å². The lowest BCUT2D eigenvalue weighted by molar-refractivity contribution is 0.0693. The molecule has 2 aromatic rings. The number of carbonyl (C=O) groups is 1. The lowest BCUT2D eigenvalue weighted by Crippen LogP contribution is -2.00. The molecule has 1 heterocycles. The summed E-state index contributed by atoms with van der Waals surface area (Å²) >= 11 is 4.75. The number of aromatic carboxylic acids is 1. The van der Waals surface area contributed by atoms with E-state index in [1.807, 2.05) is 6.07 Å². The Balaban J connectivity index is 0.000000492. The SMILES string of the molecule is CNCl.COc1cc2ncccc2cc1C(=O)O. The average Bonchev–Trinajstić information content (AvgIpc) is 2.38. The summed E-state index contributed by atoms with van der Waals surface area (Å²) in [4.78, 5) is 17.3. The number of nitrogens with one attached hydrogen (secondary N) is 1. The summed E-state index contributed by atoms with van der Waals surface area (Å²) < 4.78 is 4.99. The largest absolute Gasteiger partial charge is 0.496 e. The maximum Gasteiger partial charge on any atom is 0.339 e. The summed E-state index contributed by atoms with van der Waals surface area (Å²) in [7, 11) is 3.08. The molecule has 0 aliphatic carbocycles. The Kier molecular flexibility index (Phi) is 5.35. The molecule has 0 radical (unpaired) electrons. The van der Waals surface area contributed by atoms with Gasteiger partial charge in [0, 0.05) is 17.6 Å². The zero-order valence-corrected chi connectivity index (χ0v) is 10.7. The van der Waals surface area contributed by atoms with Crippen molar-refractivity contribution in [3.8, 4) is 5.75 Å². The minimum atomic E-state index is -1.00. The zero-order valence-electron chi connectivity index (χ0n) is 9.98. The van der Waals surface area contributed by atoms with Crippen molar-refractivity contribution < 1.29 is 14.6 Å². The molecule has 2 N–H and O–H groups in total. The molecule has 6 heteroatoms. The van der Waals surface area contributed by atoms with Gasteiger partial charge in [0.05, 0.1) is 12.6 Å². The monoisotopic (exact) mass is 268 g/mol. The number of halogens is 1. The van der Waals surface area contributed by atoms with Crippen LogP contribution in [0.1, 0.15) is 10.4 Å². The fourth-order valence-electron chi connectivity index (χ4n) is 1.44. The van der Waals surface area contributed by atoms with Crippen LogP contribution < -0.4 is 9.57 Å². The molecule has 5 nitrogen and oxygen atoms in total. The molecule has 0 atom stereocenters. The van der Waals surface area contributed by atoms with Crippen LogP contribution >= 0.6 is 11.8 Å². The molecule has 0 unspecified atom stereocenters. The summed E-state index contributed by atoms with van der Waals surface area (Å²) in [6, 6.07) is 6.76. The van der Waals surface area contributed by atoms with Crippen LogP contribution in [0.25, 0.3) is 10.9 Å². The van der Waals surface area contributed by atoms with Crippen molar-refractivity contribution >= 4 is 28.6 Å². The molecule has 18 heavy (non-hydrogen) atoms. The van der Waals surface area contributed by atoms with Crippen molar-refractivity contribution in [2.24, 2.45) is 0 Å². The lowest BCUT2D eigenvalue weighted by Gasteiger charge is -2.05. The summed E-state index contributed by atoms with van der Waals surface area (Å²) in [5.74, 6) is -0.675. The predicted octanol–water partition coefficient (Wildman–Crippen LogP) is 2.30. The lowest BCUT2D eigenvalue weighted by atomic mass is 10.1. The quantitative estimate of drug-likeness (QED) is 0.818. The highest BCUT2D eigenvalue weighted by molar-refractivity contribution is 6.13. The average molecular weight is 269 g/mol. The summed E-state index contributed by atoms with van der Waals surface area (Å²) in [5.41, 5.74) is 0.873. The van der Waals surface area contributed by atoms with Gasteiger partial charge >= 0.3 is 5.97 Å². The number of hydrogen-bond donors (Lipinski definition) is 2. The maximum absolute atomic E-state index is 10.9. The van der Waals surface area contributed by atoms with Crippen LogP contribution in [0, 0.1) is 0 Å². The normalized spacial score (nSPS) is 9.50. The van der Waals surface area contributed by atoms with Crippen molar-refractivity contribution in [1.29, 1.82) is 0 Å². The van der Waals surface area contributed by atoms with Crippen LogP contribution in [-0.4, -0.2) is 30.2 Å². The molecule has 1 aromatic carbocycles. The van der Waals surface area contributed by atoms with Gasteiger partial charge < -0.3 is 9.84 Å². The molecule has 0 bridgehead atoms. The fraction of sp³-hybridized carbons (Fsp3) is 0.167. The third-order valence-corrected chi connectivity index (χ3v) is 2.15. The Bertz CT molecular complexity index is 546. The van der Waals surface area contributed by atoms with Gasteiger partial charge in [0.2, 0.25) is 0 Å². The van der Waals surface area contributed by atoms with E-state index in [0.717, 1.165) is 10.9 Å². The van der Waals surface area contributed by atoms with Crippen molar-refractivity contribution in [3.05, 3.63) is 36.0 Å². The molecule has 0 aliphatic rings. The number of carboxylic acid groups (broad SMARTS) is 1. The Morgan fingerprint density at radius 1 is 1.50 bits per heavy atom. The molecule has 2 rings (SSSR count). The van der Waals surface area contributed by atoms with Gasteiger partial charge in [-0.15, -0.1) is 0 Å². The van der Waals surface area contributed by atoms with Gasteiger partial charge in [0.25, 0.3) is 0 Å². The molecule has 0 amide bonds. The van der Waals surface area contributed by atoms with Crippen LogP contribution in [0.2, 0.25) is 0 Å². The summed E-state index contributed by atoms with van der Waals surface area (Å²) in [6.45, 7) is 0. The third-order valence-electron chi connectivity index (χ3n) is 2.15. The van der Waals surface area contributed by atoms with Gasteiger partial charge in [-0.05, 0) is 31.0 Å². The molecule has 0 spiro atoms. The highest BCUT2D eigenvalue weighted by Gasteiger charge is 2.12. The number of pyridine rings is 1. The number of aromatic nitrogens is 1. The highest BCUT2D eigenvalue weighted by Crippen LogP contribution is 2.24. The zero-order chi connectivity index (χ0) is 13.5. The number of ether oxygens (including phenoxy) is 1. The first kappa shape index (κ1) is 14.2. The van der Waals surface area contributed by atoms with Crippen molar-refractivity contribution in [1.82, 2.24) is 9.82 Å². The second-order valence-electron chi connectivity index (χ2n) is 3.24. The first-order valence-corrected chi connectivity index (χ1v) is 5.45. The van der Waals surface area contributed by atoms with E-state index in [-0.39, 0.29) is 5.56 Å². The number of hydrogen-bond acceptors (Lipinski definition) is 4. The van der Waals surface area contributed by atoms with E-state index in [1.165, 1.54) is 7.11 Å². The van der Waals surface area contributed by atoms with Gasteiger partial charge in [-0.25, -0.2) is 9.63 Å². The Hall–Kier alpha value is -1.85. The number of methoxy groups -OCH3 is 1. The smallest absolute Gasteiger partial charge is 0.339 e. The maximum atomic E-state index is 10.9.